The summed E-state index contributed by atoms with van der Waals surface area (Å²) in [7, 11) is 0. The Hall–Kier alpha value is -12.8. The van der Waals surface area contributed by atoms with E-state index in [1.54, 1.807) is 65.0 Å². The molecule has 10 aliphatic rings. The van der Waals surface area contributed by atoms with Crippen LogP contribution in [0, 0.1) is 63.7 Å². The molecule has 0 spiro atoms. The molecular formula is C112H134F5N25O8. The average molecular weight is 2050 g/mol. The van der Waals surface area contributed by atoms with Gasteiger partial charge in [0.15, 0.2) is 0 Å². The molecular weight excluding hydrogens is 1920 g/mol. The Morgan fingerprint density at radius 2 is 0.487 bits per heavy atom. The average Bonchev–Trinajstić information content (AvgIpc) is 0.945. The molecule has 38 heteroatoms. The zero-order chi connectivity index (χ0) is 103. The van der Waals surface area contributed by atoms with E-state index in [0.29, 0.717) is 141 Å². The molecule has 0 unspecified atom stereocenters. The summed E-state index contributed by atoms with van der Waals surface area (Å²) in [6.07, 6.45) is 30.8. The summed E-state index contributed by atoms with van der Waals surface area (Å²) < 4.78 is 106. The van der Waals surface area contributed by atoms with Crippen molar-refractivity contribution in [2.45, 2.75) is 275 Å². The van der Waals surface area contributed by atoms with E-state index >= 15 is 0 Å². The highest BCUT2D eigenvalue weighted by Gasteiger charge is 2.36. The SMILES string of the molecule is Cc1nc(-c2cc3ccc(F)cc3nc2N2CCC(NC3CCCC3)CC2)no1.Cc1nc(-c2cc3ccc(F)cc3nc2N2CCC(NC3CCCCC3)CC2)no1.Cc1nc(-c2cc3ccc(F)cc3nc2N2CCC(NC3CCOCC3)CC2)no1.Cc1nc(-c2cc3ccc(F)cc3nc2N2CCC(N[C@H]3CCCC[C@@H]3O)CC2)no1.Cc1nc(-c2cc3ccc(F)cc3nc2N2CCC(N[C@H]3CCCOC3)CC2)no1. The summed E-state index contributed by atoms with van der Waals surface area (Å²) in [5, 5.41) is 54.1. The lowest BCUT2D eigenvalue weighted by Gasteiger charge is -2.38. The number of aromatic nitrogens is 15. The second-order valence-corrected chi connectivity index (χ2v) is 41.9. The van der Waals surface area contributed by atoms with Crippen LogP contribution in [-0.4, -0.2) is 239 Å². The summed E-state index contributed by atoms with van der Waals surface area (Å²) in [4.78, 5) is 57.4. The summed E-state index contributed by atoms with van der Waals surface area (Å²) in [5.74, 6) is 7.65. The molecule has 0 radical (unpaired) electrons. The smallest absolute Gasteiger partial charge is 0.223 e. The van der Waals surface area contributed by atoms with Crippen LogP contribution < -0.4 is 51.1 Å². The number of aliphatic hydroxyl groups is 1. The number of nitrogens with zero attached hydrogens (tertiary/aromatic N) is 20. The second-order valence-electron chi connectivity index (χ2n) is 41.9. The van der Waals surface area contributed by atoms with Crippen molar-refractivity contribution >= 4 is 83.6 Å². The molecule has 7 saturated heterocycles. The predicted octanol–water partition coefficient (Wildman–Crippen LogP) is 19.4. The van der Waals surface area contributed by atoms with Gasteiger partial charge < -0.3 is 88.3 Å². The fraction of sp³-hybridized carbons (Fsp3) is 0.509. The topological polar surface area (TPSA) is 374 Å². The van der Waals surface area contributed by atoms with Gasteiger partial charge in [-0.2, -0.15) is 24.9 Å². The predicted molar refractivity (Wildman–Crippen MR) is 566 cm³/mol. The van der Waals surface area contributed by atoms with E-state index in [4.69, 9.17) is 57.0 Å². The van der Waals surface area contributed by atoms with E-state index in [0.717, 1.165) is 278 Å². The Kier molecular flexibility index (Phi) is 32.8. The Labute approximate surface area is 868 Å². The molecule has 3 atom stereocenters. The number of rotatable bonds is 20. The van der Waals surface area contributed by atoms with Crippen LogP contribution in [0.3, 0.4) is 0 Å². The number of ether oxygens (including phenoxy) is 2. The minimum absolute atomic E-state index is 0.199. The third-order valence-electron chi connectivity index (χ3n) is 31.0. The largest absolute Gasteiger partial charge is 0.392 e. The minimum Gasteiger partial charge on any atom is -0.392 e. The van der Waals surface area contributed by atoms with Crippen LogP contribution in [-0.2, 0) is 9.47 Å². The standard InChI is InChI=1S/C23H28FN5O2.C23H28FN5O.2C22H26FN5O2.C22H26FN5O/c1-14-25-22(28-31-14)18-12-15-6-7-16(24)13-20(15)27-23(18)29-10-8-17(9-11-29)26-19-4-2-3-5-21(19)30;1-15-25-22(28-30-15)20-13-16-7-8-17(24)14-21(16)27-23(20)29-11-9-19(10-12-29)26-18-5-3-2-4-6-18;1-14-24-21(27-30-14)19-12-15-2-3-16(23)13-20(15)26-22(19)28-8-4-17(5-9-28)25-18-6-10-29-11-7-18;1-14-24-21(27-30-14)19-11-15-4-5-16(23)12-20(15)26-22(19)28-8-6-17(7-9-28)25-18-3-2-10-29-13-18;1-14-24-21(27-29-14)19-12-15-6-7-16(23)13-20(15)26-22(19)28-10-8-18(9-11-28)25-17-4-2-3-5-17/h6-7,12-13,17,19,21,26,30H,2-5,8-11H2,1H3;7-8,13-14,18-19,26H,2-6,9-12H2,1H3;2-3,12-13,17-18,25H,4-11H2,1H3;4-5,11-12,17-18,25H,2-3,6-10,13H2,1H3;6-7,12-13,17-18,25H,2-5,8-11H2,1H3/t19-,21-;;;18-;/m0..0./s1. The number of fused-ring (bicyclic) bond motifs is 5. The summed E-state index contributed by atoms with van der Waals surface area (Å²) in [6.45, 7) is 21.0. The molecule has 10 aromatic heterocycles. The van der Waals surface area contributed by atoms with Crippen molar-refractivity contribution in [1.29, 1.82) is 0 Å². The molecule has 15 aromatic rings. The maximum absolute atomic E-state index is 13.8. The molecule has 17 heterocycles. The summed E-state index contributed by atoms with van der Waals surface area (Å²) in [5.41, 5.74) is 7.29. The zero-order valence-corrected chi connectivity index (χ0v) is 86.0. The third kappa shape index (κ3) is 25.5. The lowest BCUT2D eigenvalue weighted by molar-refractivity contribution is 0.0650. The maximum Gasteiger partial charge on any atom is 0.223 e. The number of aliphatic hydroxyl groups excluding tert-OH is 1. The Balaban J connectivity index is 0.000000109. The molecule has 10 fully saturated rings. The number of pyridine rings is 5. The molecule has 25 rings (SSSR count). The zero-order valence-electron chi connectivity index (χ0n) is 86.0. The van der Waals surface area contributed by atoms with E-state index in [1.165, 1.54) is 131 Å². The van der Waals surface area contributed by atoms with Crippen molar-refractivity contribution in [1.82, 2.24) is 102 Å². The second kappa shape index (κ2) is 47.8. The van der Waals surface area contributed by atoms with Gasteiger partial charge in [0.1, 0.15) is 58.2 Å². The highest BCUT2D eigenvalue weighted by Crippen LogP contribution is 2.42. The molecule has 790 valence electrons. The van der Waals surface area contributed by atoms with Crippen molar-refractivity contribution in [3.63, 3.8) is 0 Å². The van der Waals surface area contributed by atoms with Crippen LogP contribution in [0.1, 0.15) is 203 Å². The first-order valence-corrected chi connectivity index (χ1v) is 54.1. The first kappa shape index (κ1) is 103. The van der Waals surface area contributed by atoms with Crippen molar-refractivity contribution in [3.8, 4) is 56.9 Å². The van der Waals surface area contributed by atoms with Crippen molar-refractivity contribution in [2.24, 2.45) is 0 Å². The Bertz CT molecular complexity index is 6670. The van der Waals surface area contributed by atoms with Crippen LogP contribution in [0.2, 0.25) is 0 Å². The van der Waals surface area contributed by atoms with Gasteiger partial charge in [-0.25, -0.2) is 46.9 Å². The maximum atomic E-state index is 13.8. The molecule has 6 N–H and O–H groups in total. The third-order valence-corrected chi connectivity index (χ3v) is 31.0. The van der Waals surface area contributed by atoms with Crippen LogP contribution in [0.25, 0.3) is 111 Å². The number of halogens is 5. The first-order chi connectivity index (χ1) is 73.2. The van der Waals surface area contributed by atoms with Gasteiger partial charge in [0.25, 0.3) is 0 Å². The molecule has 150 heavy (non-hydrogen) atoms. The quantitative estimate of drug-likeness (QED) is 0.0386. The van der Waals surface area contributed by atoms with Crippen molar-refractivity contribution in [3.05, 3.63) is 180 Å². The number of piperidine rings is 5. The van der Waals surface area contributed by atoms with Crippen LogP contribution >= 0.6 is 0 Å². The van der Waals surface area contributed by atoms with Crippen molar-refractivity contribution in [2.75, 3.05) is 116 Å². The molecule has 0 amide bonds. The Morgan fingerprint density at radius 3 is 0.747 bits per heavy atom. The minimum atomic E-state index is -0.303. The van der Waals surface area contributed by atoms with Gasteiger partial charge in [-0.1, -0.05) is 70.7 Å². The number of anilines is 5. The van der Waals surface area contributed by atoms with Gasteiger partial charge in [0.2, 0.25) is 58.6 Å². The first-order valence-electron chi connectivity index (χ1n) is 54.1. The molecule has 33 nitrogen and oxygen atoms in total. The van der Waals surface area contributed by atoms with Gasteiger partial charge in [0, 0.05) is 238 Å². The Morgan fingerprint density at radius 1 is 0.247 bits per heavy atom. The van der Waals surface area contributed by atoms with Gasteiger partial charge in [0.05, 0.1) is 68.1 Å². The summed E-state index contributed by atoms with van der Waals surface area (Å²) >= 11 is 0. The fourth-order valence-corrected chi connectivity index (χ4v) is 23.1. The fourth-order valence-electron chi connectivity index (χ4n) is 23.1. The van der Waals surface area contributed by atoms with Crippen LogP contribution in [0.15, 0.2) is 144 Å². The van der Waals surface area contributed by atoms with Gasteiger partial charge in [-0.3, -0.25) is 0 Å². The normalized spacial score (nSPS) is 20.1. The van der Waals surface area contributed by atoms with Gasteiger partial charge in [-0.05, 0) is 219 Å². The van der Waals surface area contributed by atoms with E-state index in [-0.39, 0.29) is 41.2 Å². The molecule has 7 aliphatic heterocycles. The van der Waals surface area contributed by atoms with Gasteiger partial charge >= 0.3 is 0 Å². The number of benzene rings is 5. The number of nitrogens with one attached hydrogen (secondary N) is 5. The van der Waals surface area contributed by atoms with Crippen molar-refractivity contribution < 1.29 is 59.1 Å². The lowest BCUT2D eigenvalue weighted by atomic mass is 9.91. The number of hydrogen-bond acceptors (Lipinski definition) is 33. The van der Waals surface area contributed by atoms with E-state index in [1.807, 2.05) is 30.3 Å². The molecule has 3 aliphatic carbocycles. The molecule has 5 aromatic carbocycles. The van der Waals surface area contributed by atoms with Crippen LogP contribution in [0.5, 0.6) is 0 Å². The highest BCUT2D eigenvalue weighted by atomic mass is 19.1. The van der Waals surface area contributed by atoms with E-state index in [2.05, 4.69) is 102 Å². The number of hydrogen-bond donors (Lipinski definition) is 6. The van der Waals surface area contributed by atoms with Gasteiger partial charge in [-0.15, -0.1) is 0 Å². The van der Waals surface area contributed by atoms with E-state index in [9.17, 15) is 27.1 Å². The van der Waals surface area contributed by atoms with Crippen LogP contribution in [0.4, 0.5) is 51.0 Å². The lowest BCUT2D eigenvalue weighted by Crippen LogP contribution is -2.51. The molecule has 0 bridgehead atoms. The monoisotopic (exact) mass is 2050 g/mol. The highest BCUT2D eigenvalue weighted by molar-refractivity contribution is 5.93. The van der Waals surface area contributed by atoms with E-state index < -0.39 is 0 Å². The summed E-state index contributed by atoms with van der Waals surface area (Å²) in [6, 6.07) is 38.2. The molecule has 3 saturated carbocycles. The number of aryl methyl sites for hydroxylation is 5.